The van der Waals surface area contributed by atoms with Gasteiger partial charge in [0.05, 0.1) is 5.41 Å². The first kappa shape index (κ1) is 15.4. The highest BCUT2D eigenvalue weighted by Crippen LogP contribution is 2.31. The summed E-state index contributed by atoms with van der Waals surface area (Å²) in [5.41, 5.74) is 5.46. The van der Waals surface area contributed by atoms with E-state index in [2.05, 4.69) is 0 Å². The molecule has 0 spiro atoms. The Kier molecular flexibility index (Phi) is 6.09. The van der Waals surface area contributed by atoms with E-state index in [0.29, 0.717) is 13.0 Å². The van der Waals surface area contributed by atoms with E-state index in [1.807, 2.05) is 18.7 Å². The van der Waals surface area contributed by atoms with E-state index in [1.54, 1.807) is 0 Å². The van der Waals surface area contributed by atoms with Gasteiger partial charge >= 0.3 is 0 Å². The molecule has 4 heteroatoms. The van der Waals surface area contributed by atoms with Gasteiger partial charge in [-0.2, -0.15) is 0 Å². The fourth-order valence-electron chi connectivity index (χ4n) is 2.95. The van der Waals surface area contributed by atoms with Crippen molar-refractivity contribution in [2.24, 2.45) is 11.1 Å². The standard InChI is InChI=1S/C14H28N2O2/c1-3-14(4-2,11-15)13(18)16-9-6-5-7-12(16)8-10-17/h12,17H,3-11,15H2,1-2H3. The van der Waals surface area contributed by atoms with Crippen LogP contribution in [0.15, 0.2) is 0 Å². The number of hydrogen-bond donors (Lipinski definition) is 2. The summed E-state index contributed by atoms with van der Waals surface area (Å²) in [4.78, 5) is 14.7. The molecule has 1 rings (SSSR count). The Morgan fingerprint density at radius 1 is 1.39 bits per heavy atom. The van der Waals surface area contributed by atoms with Crippen molar-refractivity contribution >= 4 is 5.91 Å². The minimum atomic E-state index is -0.398. The third-order valence-corrected chi connectivity index (χ3v) is 4.55. The number of aliphatic hydroxyl groups is 1. The molecular weight excluding hydrogens is 228 g/mol. The third-order valence-electron chi connectivity index (χ3n) is 4.55. The molecule has 1 unspecified atom stereocenters. The predicted octanol–water partition coefficient (Wildman–Crippen LogP) is 1.52. The van der Waals surface area contributed by atoms with E-state index in [0.717, 1.165) is 38.6 Å². The molecule has 1 aliphatic rings. The lowest BCUT2D eigenvalue weighted by atomic mass is 9.79. The number of carbonyl (C=O) groups is 1. The molecule has 0 saturated carbocycles. The first-order chi connectivity index (χ1) is 8.65. The number of aliphatic hydroxyl groups excluding tert-OH is 1. The van der Waals surface area contributed by atoms with Crippen LogP contribution in [0.2, 0.25) is 0 Å². The maximum atomic E-state index is 12.8. The molecule has 0 aliphatic carbocycles. The van der Waals surface area contributed by atoms with Gasteiger partial charge in [0, 0.05) is 25.7 Å². The summed E-state index contributed by atoms with van der Waals surface area (Å²) in [6.45, 7) is 5.48. The Hall–Kier alpha value is -0.610. The minimum Gasteiger partial charge on any atom is -0.396 e. The number of piperidine rings is 1. The second-order valence-electron chi connectivity index (χ2n) is 5.35. The summed E-state index contributed by atoms with van der Waals surface area (Å²) in [6, 6.07) is 0.209. The minimum absolute atomic E-state index is 0.155. The van der Waals surface area contributed by atoms with Gasteiger partial charge < -0.3 is 15.7 Å². The largest absolute Gasteiger partial charge is 0.396 e. The maximum absolute atomic E-state index is 12.8. The fraction of sp³-hybridized carbons (Fsp3) is 0.929. The van der Waals surface area contributed by atoms with Crippen LogP contribution in [0, 0.1) is 5.41 Å². The normalized spacial score (nSPS) is 21.1. The number of nitrogens with two attached hydrogens (primary N) is 1. The average Bonchev–Trinajstić information content (AvgIpc) is 2.42. The zero-order valence-electron chi connectivity index (χ0n) is 11.8. The van der Waals surface area contributed by atoms with Crippen LogP contribution >= 0.6 is 0 Å². The lowest BCUT2D eigenvalue weighted by molar-refractivity contribution is -0.146. The van der Waals surface area contributed by atoms with Crippen LogP contribution in [0.25, 0.3) is 0 Å². The van der Waals surface area contributed by atoms with Crippen LogP contribution in [0.5, 0.6) is 0 Å². The molecular formula is C14H28N2O2. The molecule has 1 aliphatic heterocycles. The summed E-state index contributed by atoms with van der Waals surface area (Å²) in [6.07, 6.45) is 5.52. The molecule has 0 aromatic heterocycles. The number of nitrogens with zero attached hydrogens (tertiary/aromatic N) is 1. The van der Waals surface area contributed by atoms with Crippen molar-refractivity contribution in [1.82, 2.24) is 4.90 Å². The van der Waals surface area contributed by atoms with E-state index in [9.17, 15) is 4.79 Å². The van der Waals surface area contributed by atoms with Crippen molar-refractivity contribution in [2.75, 3.05) is 19.7 Å². The van der Waals surface area contributed by atoms with Crippen LogP contribution in [-0.4, -0.2) is 41.7 Å². The smallest absolute Gasteiger partial charge is 0.230 e. The quantitative estimate of drug-likeness (QED) is 0.757. The van der Waals surface area contributed by atoms with Gasteiger partial charge in [-0.25, -0.2) is 0 Å². The second-order valence-corrected chi connectivity index (χ2v) is 5.35. The van der Waals surface area contributed by atoms with Gasteiger partial charge in [0.1, 0.15) is 0 Å². The van der Waals surface area contributed by atoms with Crippen LogP contribution in [0.4, 0.5) is 0 Å². The predicted molar refractivity (Wildman–Crippen MR) is 73.1 cm³/mol. The highest BCUT2D eigenvalue weighted by Gasteiger charge is 2.39. The summed E-state index contributed by atoms with van der Waals surface area (Å²) in [5, 5.41) is 9.13. The monoisotopic (exact) mass is 256 g/mol. The van der Waals surface area contributed by atoms with Gasteiger partial charge in [0.25, 0.3) is 0 Å². The highest BCUT2D eigenvalue weighted by molar-refractivity contribution is 5.83. The molecule has 4 nitrogen and oxygen atoms in total. The highest BCUT2D eigenvalue weighted by atomic mass is 16.3. The first-order valence-electron chi connectivity index (χ1n) is 7.27. The summed E-state index contributed by atoms with van der Waals surface area (Å²) >= 11 is 0. The number of hydrogen-bond acceptors (Lipinski definition) is 3. The van der Waals surface area contributed by atoms with Crippen molar-refractivity contribution in [2.45, 2.75) is 58.4 Å². The van der Waals surface area contributed by atoms with Crippen LogP contribution in [0.3, 0.4) is 0 Å². The molecule has 1 amide bonds. The molecule has 0 aromatic carbocycles. The van der Waals surface area contributed by atoms with Crippen molar-refractivity contribution in [3.05, 3.63) is 0 Å². The van der Waals surface area contributed by atoms with Crippen molar-refractivity contribution < 1.29 is 9.90 Å². The van der Waals surface area contributed by atoms with Crippen molar-refractivity contribution in [1.29, 1.82) is 0 Å². The molecule has 0 bridgehead atoms. The average molecular weight is 256 g/mol. The van der Waals surface area contributed by atoms with Gasteiger partial charge in [-0.15, -0.1) is 0 Å². The Morgan fingerprint density at radius 2 is 2.06 bits per heavy atom. The van der Waals surface area contributed by atoms with Gasteiger partial charge in [-0.3, -0.25) is 4.79 Å². The molecule has 1 fully saturated rings. The molecule has 0 aromatic rings. The zero-order valence-corrected chi connectivity index (χ0v) is 11.8. The second kappa shape index (κ2) is 7.10. The van der Waals surface area contributed by atoms with E-state index < -0.39 is 5.41 Å². The number of rotatable bonds is 6. The number of amides is 1. The van der Waals surface area contributed by atoms with E-state index in [1.165, 1.54) is 0 Å². The molecule has 1 saturated heterocycles. The van der Waals surface area contributed by atoms with Crippen LogP contribution < -0.4 is 5.73 Å². The molecule has 18 heavy (non-hydrogen) atoms. The van der Waals surface area contributed by atoms with Crippen LogP contribution in [-0.2, 0) is 4.79 Å². The van der Waals surface area contributed by atoms with Gasteiger partial charge in [0.15, 0.2) is 0 Å². The lowest BCUT2D eigenvalue weighted by Crippen LogP contribution is -2.53. The summed E-state index contributed by atoms with van der Waals surface area (Å²) in [7, 11) is 0. The number of likely N-dealkylation sites (tertiary alicyclic amines) is 1. The van der Waals surface area contributed by atoms with E-state index in [4.69, 9.17) is 10.8 Å². The molecule has 0 radical (unpaired) electrons. The molecule has 1 atom stereocenters. The summed E-state index contributed by atoms with van der Waals surface area (Å²) in [5.74, 6) is 0.202. The Balaban J connectivity index is 2.84. The molecule has 106 valence electrons. The van der Waals surface area contributed by atoms with Gasteiger partial charge in [0.2, 0.25) is 5.91 Å². The number of carbonyl (C=O) groups excluding carboxylic acids is 1. The third kappa shape index (κ3) is 3.04. The molecule has 1 heterocycles. The van der Waals surface area contributed by atoms with E-state index >= 15 is 0 Å². The van der Waals surface area contributed by atoms with Crippen LogP contribution in [0.1, 0.15) is 52.4 Å². The topological polar surface area (TPSA) is 66.6 Å². The SMILES string of the molecule is CCC(CC)(CN)C(=O)N1CCCCC1CCO. The van der Waals surface area contributed by atoms with E-state index in [-0.39, 0.29) is 18.6 Å². The maximum Gasteiger partial charge on any atom is 0.230 e. The zero-order chi connectivity index (χ0) is 13.6. The Bertz CT molecular complexity index is 254. The fourth-order valence-corrected chi connectivity index (χ4v) is 2.95. The summed E-state index contributed by atoms with van der Waals surface area (Å²) < 4.78 is 0. The van der Waals surface area contributed by atoms with Gasteiger partial charge in [-0.05, 0) is 38.5 Å². The Labute approximate surface area is 111 Å². The van der Waals surface area contributed by atoms with Gasteiger partial charge in [-0.1, -0.05) is 13.8 Å². The Morgan fingerprint density at radius 3 is 2.56 bits per heavy atom. The molecule has 3 N–H and O–H groups in total. The lowest BCUT2D eigenvalue weighted by Gasteiger charge is -2.42. The van der Waals surface area contributed by atoms with Crippen molar-refractivity contribution in [3.63, 3.8) is 0 Å². The van der Waals surface area contributed by atoms with Crippen molar-refractivity contribution in [3.8, 4) is 0 Å². The first-order valence-corrected chi connectivity index (χ1v) is 7.27.